The maximum absolute atomic E-state index is 13.1. The van der Waals surface area contributed by atoms with Crippen LogP contribution in [0, 0.1) is 0 Å². The minimum atomic E-state index is -4.67. The first-order valence-corrected chi connectivity index (χ1v) is 10.6. The van der Waals surface area contributed by atoms with Crippen molar-refractivity contribution in [2.45, 2.75) is 6.18 Å². The lowest BCUT2D eigenvalue weighted by atomic mass is 10.1. The summed E-state index contributed by atoms with van der Waals surface area (Å²) in [5.41, 5.74) is -1.52. The fourth-order valence-electron chi connectivity index (χ4n) is 3.39. The molecule has 178 valence electrons. The summed E-state index contributed by atoms with van der Waals surface area (Å²) in [5.74, 6) is -3.23. The Morgan fingerprint density at radius 3 is 2.20 bits per heavy atom. The molecule has 2 amide bonds. The topological polar surface area (TPSA) is 80.8 Å². The highest BCUT2D eigenvalue weighted by Crippen LogP contribution is 2.34. The molecule has 0 saturated heterocycles. The SMILES string of the molecule is O=C(COC(=O)c1ccc2c(c1)C(=O)N(c1cccc(C(F)(F)F)c1)C2=O)c1ccc(Cl)c(Cl)c1. The number of halogens is 5. The Hall–Kier alpha value is -3.69. The van der Waals surface area contributed by atoms with E-state index in [4.69, 9.17) is 27.9 Å². The lowest BCUT2D eigenvalue weighted by Crippen LogP contribution is -2.29. The van der Waals surface area contributed by atoms with Crippen LogP contribution in [0.2, 0.25) is 10.0 Å². The van der Waals surface area contributed by atoms with Crippen molar-refractivity contribution in [2.75, 3.05) is 11.5 Å². The number of carbonyl (C=O) groups is 4. The second kappa shape index (κ2) is 9.16. The second-order valence-electron chi connectivity index (χ2n) is 7.38. The minimum absolute atomic E-state index is 0.0872. The van der Waals surface area contributed by atoms with Gasteiger partial charge in [0.25, 0.3) is 11.8 Å². The third-order valence-corrected chi connectivity index (χ3v) is 5.87. The van der Waals surface area contributed by atoms with E-state index in [1.165, 1.54) is 36.4 Å². The third kappa shape index (κ3) is 4.78. The average Bonchev–Trinajstić information content (AvgIpc) is 3.07. The van der Waals surface area contributed by atoms with Crippen molar-refractivity contribution in [1.29, 1.82) is 0 Å². The number of fused-ring (bicyclic) bond motifs is 1. The van der Waals surface area contributed by atoms with Gasteiger partial charge in [-0.3, -0.25) is 14.4 Å². The van der Waals surface area contributed by atoms with Crippen molar-refractivity contribution in [2.24, 2.45) is 0 Å². The van der Waals surface area contributed by atoms with E-state index in [0.29, 0.717) is 11.0 Å². The van der Waals surface area contributed by atoms with E-state index >= 15 is 0 Å². The molecule has 0 radical (unpaired) electrons. The van der Waals surface area contributed by atoms with Gasteiger partial charge in [0.2, 0.25) is 0 Å². The molecular formula is C24H12Cl2F3NO5. The molecule has 4 rings (SSSR count). The predicted octanol–water partition coefficient (Wildman–Crippen LogP) is 5.85. The minimum Gasteiger partial charge on any atom is -0.454 e. The van der Waals surface area contributed by atoms with E-state index in [1.54, 1.807) is 0 Å². The van der Waals surface area contributed by atoms with Gasteiger partial charge in [-0.25, -0.2) is 9.69 Å². The summed E-state index contributed by atoms with van der Waals surface area (Å²) in [6, 6.07) is 11.4. The van der Waals surface area contributed by atoms with E-state index in [0.717, 1.165) is 18.2 Å². The van der Waals surface area contributed by atoms with E-state index in [1.807, 2.05) is 0 Å². The van der Waals surface area contributed by atoms with Crippen molar-refractivity contribution in [3.8, 4) is 0 Å². The molecule has 11 heteroatoms. The Bertz CT molecular complexity index is 1400. The molecule has 0 atom stereocenters. The van der Waals surface area contributed by atoms with Crippen molar-refractivity contribution >= 4 is 52.5 Å². The standard InChI is InChI=1S/C24H12Cl2F3NO5/c25-18-7-5-12(9-19(18)26)20(31)11-35-23(34)13-4-6-16-17(8-13)22(33)30(21(16)32)15-3-1-2-14(10-15)24(27,28)29/h1-10H,11H2. The fraction of sp³-hybridized carbons (Fsp3) is 0.0833. The molecule has 1 heterocycles. The number of carbonyl (C=O) groups excluding carboxylic acids is 4. The molecule has 1 aliphatic rings. The van der Waals surface area contributed by atoms with Crippen LogP contribution < -0.4 is 4.90 Å². The van der Waals surface area contributed by atoms with Crippen molar-refractivity contribution in [1.82, 2.24) is 0 Å². The monoisotopic (exact) mass is 521 g/mol. The van der Waals surface area contributed by atoms with Gasteiger partial charge in [0.05, 0.1) is 38.0 Å². The van der Waals surface area contributed by atoms with Gasteiger partial charge in [-0.1, -0.05) is 29.3 Å². The summed E-state index contributed by atoms with van der Waals surface area (Å²) in [7, 11) is 0. The molecule has 3 aromatic carbocycles. The summed E-state index contributed by atoms with van der Waals surface area (Å²) in [6.45, 7) is -0.628. The van der Waals surface area contributed by atoms with Crippen molar-refractivity contribution in [3.63, 3.8) is 0 Å². The number of esters is 1. The van der Waals surface area contributed by atoms with Gasteiger partial charge >= 0.3 is 12.1 Å². The largest absolute Gasteiger partial charge is 0.454 e. The molecule has 0 spiro atoms. The molecule has 1 aliphatic heterocycles. The van der Waals surface area contributed by atoms with Crippen molar-refractivity contribution < 1.29 is 37.1 Å². The summed E-state index contributed by atoms with van der Waals surface area (Å²) < 4.78 is 44.2. The zero-order chi connectivity index (χ0) is 25.5. The molecule has 6 nitrogen and oxygen atoms in total. The first kappa shape index (κ1) is 24.4. The quantitative estimate of drug-likeness (QED) is 0.239. The van der Waals surface area contributed by atoms with Crippen molar-refractivity contribution in [3.05, 3.63) is 98.5 Å². The van der Waals surface area contributed by atoms with E-state index in [2.05, 4.69) is 0 Å². The number of imide groups is 1. The van der Waals surface area contributed by atoms with Crippen LogP contribution in [-0.2, 0) is 10.9 Å². The number of rotatable bonds is 5. The number of Topliss-reactive ketones (excluding diaryl/α,β-unsaturated/α-hetero) is 1. The molecule has 0 aliphatic carbocycles. The number of hydrogen-bond donors (Lipinski definition) is 0. The van der Waals surface area contributed by atoms with Gasteiger partial charge in [0, 0.05) is 5.56 Å². The number of benzene rings is 3. The molecular weight excluding hydrogens is 510 g/mol. The Labute approximate surface area is 205 Å². The second-order valence-corrected chi connectivity index (χ2v) is 8.20. The van der Waals surface area contributed by atoms with Crippen LogP contribution in [0.25, 0.3) is 0 Å². The zero-order valence-corrected chi connectivity index (χ0v) is 18.9. The third-order valence-electron chi connectivity index (χ3n) is 5.13. The summed E-state index contributed by atoms with van der Waals surface area (Å²) in [4.78, 5) is 50.9. The highest BCUT2D eigenvalue weighted by molar-refractivity contribution is 6.42. The number of nitrogens with zero attached hydrogens (tertiary/aromatic N) is 1. The summed E-state index contributed by atoms with van der Waals surface area (Å²) in [6.07, 6.45) is -4.67. The van der Waals surface area contributed by atoms with E-state index in [9.17, 15) is 32.3 Å². The van der Waals surface area contributed by atoms with Crippen LogP contribution in [0.3, 0.4) is 0 Å². The molecule has 0 N–H and O–H groups in total. The van der Waals surface area contributed by atoms with E-state index in [-0.39, 0.29) is 38.0 Å². The Morgan fingerprint density at radius 2 is 1.51 bits per heavy atom. The Morgan fingerprint density at radius 1 is 0.829 bits per heavy atom. The summed E-state index contributed by atoms with van der Waals surface area (Å²) >= 11 is 11.7. The molecule has 35 heavy (non-hydrogen) atoms. The molecule has 0 bridgehead atoms. The van der Waals surface area contributed by atoms with Gasteiger partial charge in [-0.05, 0) is 54.6 Å². The van der Waals surface area contributed by atoms with E-state index < -0.39 is 41.9 Å². The first-order chi connectivity index (χ1) is 16.5. The van der Waals surface area contributed by atoms with Gasteiger partial charge < -0.3 is 4.74 Å². The zero-order valence-electron chi connectivity index (χ0n) is 17.4. The maximum Gasteiger partial charge on any atom is 0.416 e. The van der Waals surface area contributed by atoms with Crippen LogP contribution in [0.15, 0.2) is 60.7 Å². The number of ether oxygens (including phenoxy) is 1. The lowest BCUT2D eigenvalue weighted by molar-refractivity contribution is -0.137. The number of alkyl halides is 3. The molecule has 0 aromatic heterocycles. The summed E-state index contributed by atoms with van der Waals surface area (Å²) in [5, 5.41) is 0.396. The molecule has 0 saturated carbocycles. The lowest BCUT2D eigenvalue weighted by Gasteiger charge is -2.16. The smallest absolute Gasteiger partial charge is 0.416 e. The number of hydrogen-bond acceptors (Lipinski definition) is 5. The first-order valence-electron chi connectivity index (χ1n) is 9.83. The Balaban J connectivity index is 1.52. The Kier molecular flexibility index (Phi) is 6.40. The maximum atomic E-state index is 13.1. The van der Waals surface area contributed by atoms with Crippen LogP contribution in [0.4, 0.5) is 18.9 Å². The molecule has 0 unspecified atom stereocenters. The van der Waals surface area contributed by atoms with Crippen LogP contribution in [0.5, 0.6) is 0 Å². The molecule has 0 fully saturated rings. The molecule has 3 aromatic rings. The number of ketones is 1. The fourth-order valence-corrected chi connectivity index (χ4v) is 3.69. The highest BCUT2D eigenvalue weighted by Gasteiger charge is 2.39. The van der Waals surface area contributed by atoms with Gasteiger partial charge in [0.15, 0.2) is 12.4 Å². The van der Waals surface area contributed by atoms with Crippen LogP contribution in [-0.4, -0.2) is 30.2 Å². The van der Waals surface area contributed by atoms with Gasteiger partial charge in [0.1, 0.15) is 0 Å². The van der Waals surface area contributed by atoms with Crippen LogP contribution >= 0.6 is 23.2 Å². The van der Waals surface area contributed by atoms with Gasteiger partial charge in [-0.2, -0.15) is 13.2 Å². The van der Waals surface area contributed by atoms with Gasteiger partial charge in [-0.15, -0.1) is 0 Å². The van der Waals surface area contributed by atoms with Crippen LogP contribution in [0.1, 0.15) is 47.0 Å². The normalized spacial score (nSPS) is 13.1. The number of amides is 2. The highest BCUT2D eigenvalue weighted by atomic mass is 35.5. The average molecular weight is 522 g/mol. The number of anilines is 1. The predicted molar refractivity (Wildman–Crippen MR) is 120 cm³/mol.